The summed E-state index contributed by atoms with van der Waals surface area (Å²) in [5.74, 6) is 0.675. The maximum atomic E-state index is 12.0. The Morgan fingerprint density at radius 2 is 1.91 bits per heavy atom. The predicted molar refractivity (Wildman–Crippen MR) is 94.2 cm³/mol. The Bertz CT molecular complexity index is 733. The van der Waals surface area contributed by atoms with Gasteiger partial charge >= 0.3 is 0 Å². The van der Waals surface area contributed by atoms with Gasteiger partial charge in [0.15, 0.2) is 0 Å². The van der Waals surface area contributed by atoms with E-state index in [-0.39, 0.29) is 5.75 Å². The molecule has 0 aliphatic heterocycles. The molecule has 0 saturated heterocycles. The zero-order valence-corrected chi connectivity index (χ0v) is 14.5. The molecule has 1 heterocycles. The molecule has 0 unspecified atom stereocenters. The van der Waals surface area contributed by atoms with Crippen LogP contribution in [0.4, 0.5) is 5.82 Å². The molecule has 0 radical (unpaired) electrons. The lowest BCUT2D eigenvalue weighted by Gasteiger charge is -2.09. The molecule has 0 aliphatic carbocycles. The summed E-state index contributed by atoms with van der Waals surface area (Å²) in [7, 11) is -3.39. The van der Waals surface area contributed by atoms with Crippen molar-refractivity contribution >= 4 is 27.4 Å². The average molecular weight is 354 g/mol. The van der Waals surface area contributed by atoms with Crippen LogP contribution in [0.25, 0.3) is 0 Å². The first kappa shape index (κ1) is 17.7. The van der Waals surface area contributed by atoms with E-state index in [0.717, 1.165) is 11.4 Å². The molecule has 1 aromatic heterocycles. The molecular weight excluding hydrogens is 334 g/mol. The third-order valence-electron chi connectivity index (χ3n) is 3.20. The van der Waals surface area contributed by atoms with Crippen molar-refractivity contribution in [3.05, 3.63) is 58.7 Å². The second kappa shape index (κ2) is 8.29. The lowest BCUT2D eigenvalue weighted by molar-refractivity contribution is 0.579. The van der Waals surface area contributed by atoms with Crippen molar-refractivity contribution in [1.29, 1.82) is 0 Å². The second-order valence-corrected chi connectivity index (χ2v) is 7.46. The lowest BCUT2D eigenvalue weighted by atomic mass is 10.2. The first-order chi connectivity index (χ1) is 11.0. The highest BCUT2D eigenvalue weighted by atomic mass is 35.5. The molecule has 2 N–H and O–H groups in total. The lowest BCUT2D eigenvalue weighted by Crippen LogP contribution is -2.27. The number of nitrogens with zero attached hydrogens (tertiary/aromatic N) is 1. The van der Waals surface area contributed by atoms with E-state index < -0.39 is 10.0 Å². The van der Waals surface area contributed by atoms with Crippen LogP contribution >= 0.6 is 11.6 Å². The van der Waals surface area contributed by atoms with Gasteiger partial charge in [-0.25, -0.2) is 18.1 Å². The van der Waals surface area contributed by atoms with Crippen molar-refractivity contribution in [3.8, 4) is 0 Å². The number of rotatable bonds is 8. The minimum absolute atomic E-state index is 0.111. The van der Waals surface area contributed by atoms with Gasteiger partial charge in [-0.15, -0.1) is 0 Å². The van der Waals surface area contributed by atoms with Gasteiger partial charge in [-0.05, 0) is 36.6 Å². The predicted octanol–water partition coefficient (Wildman–Crippen LogP) is 2.97. The van der Waals surface area contributed by atoms with E-state index in [4.69, 9.17) is 11.6 Å². The Labute approximate surface area is 142 Å². The van der Waals surface area contributed by atoms with E-state index in [0.29, 0.717) is 30.1 Å². The fraction of sp³-hybridized carbons (Fsp3) is 0.312. The minimum Gasteiger partial charge on any atom is -0.370 e. The summed E-state index contributed by atoms with van der Waals surface area (Å²) in [4.78, 5) is 4.23. The van der Waals surface area contributed by atoms with E-state index in [9.17, 15) is 8.42 Å². The Morgan fingerprint density at radius 1 is 1.13 bits per heavy atom. The number of aromatic nitrogens is 1. The third-order valence-corrected chi connectivity index (χ3v) is 4.90. The highest BCUT2D eigenvalue weighted by molar-refractivity contribution is 7.88. The number of anilines is 1. The molecule has 0 bridgehead atoms. The number of nitrogens with one attached hydrogen (secondary N) is 2. The van der Waals surface area contributed by atoms with Gasteiger partial charge in [0, 0.05) is 24.3 Å². The molecule has 124 valence electrons. The molecule has 0 aliphatic rings. The van der Waals surface area contributed by atoms with Crippen LogP contribution in [0.2, 0.25) is 5.02 Å². The molecule has 0 saturated carbocycles. The number of hydrogen-bond donors (Lipinski definition) is 2. The Morgan fingerprint density at radius 3 is 2.61 bits per heavy atom. The maximum Gasteiger partial charge on any atom is 0.215 e. The van der Waals surface area contributed by atoms with Gasteiger partial charge in [0.2, 0.25) is 10.0 Å². The topological polar surface area (TPSA) is 71.1 Å². The van der Waals surface area contributed by atoms with Gasteiger partial charge in [-0.3, -0.25) is 0 Å². The average Bonchev–Trinajstić information content (AvgIpc) is 2.51. The van der Waals surface area contributed by atoms with Crippen molar-refractivity contribution in [2.45, 2.75) is 19.1 Å². The zero-order chi connectivity index (χ0) is 16.7. The maximum absolute atomic E-state index is 12.0. The summed E-state index contributed by atoms with van der Waals surface area (Å²) in [5, 5.41) is 3.61. The number of hydrogen-bond acceptors (Lipinski definition) is 4. The van der Waals surface area contributed by atoms with E-state index in [2.05, 4.69) is 15.0 Å². The third kappa shape index (κ3) is 6.17. The number of pyridine rings is 1. The normalized spacial score (nSPS) is 11.4. The summed E-state index contributed by atoms with van der Waals surface area (Å²) in [6, 6.07) is 10.8. The first-order valence-corrected chi connectivity index (χ1v) is 9.36. The molecule has 2 aromatic rings. The highest BCUT2D eigenvalue weighted by Gasteiger charge is 2.12. The van der Waals surface area contributed by atoms with Gasteiger partial charge in [0.1, 0.15) is 5.82 Å². The monoisotopic (exact) mass is 353 g/mol. The van der Waals surface area contributed by atoms with E-state index in [1.165, 1.54) is 0 Å². The van der Waals surface area contributed by atoms with Crippen LogP contribution in [0.3, 0.4) is 0 Å². The summed E-state index contributed by atoms with van der Waals surface area (Å²) in [6.07, 6.45) is 2.45. The fourth-order valence-electron chi connectivity index (χ4n) is 1.98. The van der Waals surface area contributed by atoms with Crippen molar-refractivity contribution in [2.75, 3.05) is 18.4 Å². The Balaban J connectivity index is 1.72. The van der Waals surface area contributed by atoms with E-state index in [1.807, 2.05) is 19.1 Å². The van der Waals surface area contributed by atoms with Crippen LogP contribution in [-0.2, 0) is 15.8 Å². The van der Waals surface area contributed by atoms with Crippen LogP contribution in [0.1, 0.15) is 17.5 Å². The number of sulfonamides is 1. The number of aryl methyl sites for hydroxylation is 1. The Hall–Kier alpha value is -1.63. The summed E-state index contributed by atoms with van der Waals surface area (Å²) >= 11 is 5.98. The molecule has 2 rings (SSSR count). The largest absolute Gasteiger partial charge is 0.370 e. The van der Waals surface area contributed by atoms with Crippen LogP contribution in [0.5, 0.6) is 0 Å². The molecule has 7 heteroatoms. The van der Waals surface area contributed by atoms with Gasteiger partial charge in [0.05, 0.1) is 5.75 Å². The molecule has 0 fully saturated rings. The van der Waals surface area contributed by atoms with Crippen molar-refractivity contribution < 1.29 is 8.42 Å². The molecular formula is C16H20ClN3O2S. The summed E-state index contributed by atoms with van der Waals surface area (Å²) in [5.41, 5.74) is 1.70. The molecule has 0 atom stereocenters. The molecule has 23 heavy (non-hydrogen) atoms. The summed E-state index contributed by atoms with van der Waals surface area (Å²) in [6.45, 7) is 2.99. The van der Waals surface area contributed by atoms with E-state index in [1.54, 1.807) is 30.5 Å². The SMILES string of the molecule is Cc1ccc(NCCCNS(=O)(=O)Cc2ccccc2Cl)nc1. The highest BCUT2D eigenvalue weighted by Crippen LogP contribution is 2.17. The second-order valence-electron chi connectivity index (χ2n) is 5.25. The van der Waals surface area contributed by atoms with E-state index >= 15 is 0 Å². The summed E-state index contributed by atoms with van der Waals surface area (Å²) < 4.78 is 26.6. The van der Waals surface area contributed by atoms with Gasteiger partial charge in [-0.1, -0.05) is 35.9 Å². The van der Waals surface area contributed by atoms with Crippen LogP contribution < -0.4 is 10.0 Å². The quantitative estimate of drug-likeness (QED) is 0.716. The fourth-order valence-corrected chi connectivity index (χ4v) is 3.48. The zero-order valence-electron chi connectivity index (χ0n) is 12.9. The number of benzene rings is 1. The van der Waals surface area contributed by atoms with Crippen LogP contribution in [0, 0.1) is 6.92 Å². The van der Waals surface area contributed by atoms with Crippen molar-refractivity contribution in [3.63, 3.8) is 0 Å². The first-order valence-electron chi connectivity index (χ1n) is 7.33. The van der Waals surface area contributed by atoms with Crippen LogP contribution in [-0.4, -0.2) is 26.5 Å². The molecule has 0 spiro atoms. The number of halogens is 1. The van der Waals surface area contributed by atoms with Crippen LogP contribution in [0.15, 0.2) is 42.6 Å². The molecule has 5 nitrogen and oxygen atoms in total. The standard InChI is InChI=1S/C16H20ClN3O2S/c1-13-7-8-16(19-11-13)18-9-4-10-20-23(21,22)12-14-5-2-3-6-15(14)17/h2-3,5-8,11,20H,4,9-10,12H2,1H3,(H,18,19). The van der Waals surface area contributed by atoms with Gasteiger partial charge in [-0.2, -0.15) is 0 Å². The Kier molecular flexibility index (Phi) is 6.38. The molecule has 1 aromatic carbocycles. The van der Waals surface area contributed by atoms with Gasteiger partial charge in [0.25, 0.3) is 0 Å². The molecule has 0 amide bonds. The van der Waals surface area contributed by atoms with Gasteiger partial charge < -0.3 is 5.32 Å². The minimum atomic E-state index is -3.39. The smallest absolute Gasteiger partial charge is 0.215 e. The van der Waals surface area contributed by atoms with Crippen molar-refractivity contribution in [1.82, 2.24) is 9.71 Å². The van der Waals surface area contributed by atoms with Crippen molar-refractivity contribution in [2.24, 2.45) is 0 Å².